The fourth-order valence-corrected chi connectivity index (χ4v) is 3.01. The third kappa shape index (κ3) is 1.87. The van der Waals surface area contributed by atoms with E-state index in [0.717, 1.165) is 28.7 Å². The van der Waals surface area contributed by atoms with Crippen molar-refractivity contribution in [2.24, 2.45) is 0 Å². The summed E-state index contributed by atoms with van der Waals surface area (Å²) in [6.07, 6.45) is 1.93. The molecule has 1 aromatic carbocycles. The Morgan fingerprint density at radius 1 is 1.58 bits per heavy atom. The molecule has 19 heavy (non-hydrogen) atoms. The van der Waals surface area contributed by atoms with Gasteiger partial charge in [0.05, 0.1) is 5.52 Å². The van der Waals surface area contributed by atoms with E-state index in [1.807, 2.05) is 19.2 Å². The van der Waals surface area contributed by atoms with Crippen molar-refractivity contribution in [3.8, 4) is 5.75 Å². The third-order valence-electron chi connectivity index (χ3n) is 3.55. The number of nitrogens with one attached hydrogen (secondary N) is 2. The summed E-state index contributed by atoms with van der Waals surface area (Å²) in [6.45, 7) is 4.27. The maximum atomic E-state index is 11.2. The standard InChI is InChI=1S/C14H15ClN2O2/c1-7-5-17-14-11(19-8(2)18)3-10-13(12(7)14)9(4-15)6-16-10/h3,5,9,16-17H,4,6H2,1-2H3. The van der Waals surface area contributed by atoms with Gasteiger partial charge in [-0.15, -0.1) is 11.6 Å². The smallest absolute Gasteiger partial charge is 0.308 e. The molecule has 0 saturated heterocycles. The predicted molar refractivity (Wildman–Crippen MR) is 76.3 cm³/mol. The molecule has 1 aromatic heterocycles. The first kappa shape index (κ1) is 12.4. The molecular formula is C14H15ClN2O2. The van der Waals surface area contributed by atoms with Crippen LogP contribution in [0.1, 0.15) is 24.0 Å². The molecule has 1 atom stereocenters. The lowest BCUT2D eigenvalue weighted by Gasteiger charge is -2.11. The molecule has 4 nitrogen and oxygen atoms in total. The van der Waals surface area contributed by atoms with Gasteiger partial charge in [0.2, 0.25) is 0 Å². The van der Waals surface area contributed by atoms with Crippen LogP contribution in [0, 0.1) is 6.92 Å². The minimum Gasteiger partial charge on any atom is -0.424 e. The molecule has 2 heterocycles. The van der Waals surface area contributed by atoms with E-state index in [4.69, 9.17) is 16.3 Å². The molecule has 2 aromatic rings. The summed E-state index contributed by atoms with van der Waals surface area (Å²) < 4.78 is 5.29. The molecule has 1 aliphatic heterocycles. The largest absolute Gasteiger partial charge is 0.424 e. The first-order valence-corrected chi connectivity index (χ1v) is 6.78. The van der Waals surface area contributed by atoms with Gasteiger partial charge in [0, 0.05) is 48.6 Å². The molecule has 0 saturated carbocycles. The monoisotopic (exact) mass is 278 g/mol. The van der Waals surface area contributed by atoms with Crippen LogP contribution in [0.15, 0.2) is 12.3 Å². The number of hydrogen-bond donors (Lipinski definition) is 2. The Hall–Kier alpha value is -1.68. The lowest BCUT2D eigenvalue weighted by molar-refractivity contribution is -0.131. The van der Waals surface area contributed by atoms with Gasteiger partial charge in [-0.05, 0) is 18.1 Å². The Bertz CT molecular complexity index is 663. The van der Waals surface area contributed by atoms with Crippen molar-refractivity contribution >= 4 is 34.2 Å². The molecule has 0 amide bonds. The maximum Gasteiger partial charge on any atom is 0.308 e. The molecule has 0 fully saturated rings. The van der Waals surface area contributed by atoms with E-state index >= 15 is 0 Å². The number of aryl methyl sites for hydroxylation is 1. The second-order valence-electron chi connectivity index (χ2n) is 4.88. The molecule has 0 spiro atoms. The zero-order chi connectivity index (χ0) is 13.6. The van der Waals surface area contributed by atoms with Gasteiger partial charge in [0.1, 0.15) is 0 Å². The van der Waals surface area contributed by atoms with E-state index < -0.39 is 0 Å². The molecule has 3 rings (SSSR count). The van der Waals surface area contributed by atoms with Gasteiger partial charge in [-0.2, -0.15) is 0 Å². The number of halogens is 1. The number of H-pyrrole nitrogens is 1. The Morgan fingerprint density at radius 3 is 3.05 bits per heavy atom. The van der Waals surface area contributed by atoms with Crippen molar-refractivity contribution in [2.45, 2.75) is 19.8 Å². The number of benzene rings is 1. The Kier molecular flexibility index (Phi) is 2.90. The van der Waals surface area contributed by atoms with Crippen molar-refractivity contribution < 1.29 is 9.53 Å². The van der Waals surface area contributed by atoms with Crippen molar-refractivity contribution in [2.75, 3.05) is 17.7 Å². The number of aromatic amines is 1. The fraction of sp³-hybridized carbons (Fsp3) is 0.357. The number of esters is 1. The number of aromatic nitrogens is 1. The maximum absolute atomic E-state index is 11.2. The van der Waals surface area contributed by atoms with Gasteiger partial charge >= 0.3 is 5.97 Å². The molecular weight excluding hydrogens is 264 g/mol. The van der Waals surface area contributed by atoms with Crippen LogP contribution in [0.4, 0.5) is 5.69 Å². The van der Waals surface area contributed by atoms with Gasteiger partial charge in [-0.1, -0.05) is 0 Å². The summed E-state index contributed by atoms with van der Waals surface area (Å²) in [5.41, 5.74) is 4.24. The molecule has 0 radical (unpaired) electrons. The summed E-state index contributed by atoms with van der Waals surface area (Å²) in [5.74, 6) is 1.12. The average Bonchev–Trinajstić information content (AvgIpc) is 2.92. The Labute approximate surface area is 116 Å². The summed E-state index contributed by atoms with van der Waals surface area (Å²) >= 11 is 6.04. The highest BCUT2D eigenvalue weighted by molar-refractivity contribution is 6.18. The van der Waals surface area contributed by atoms with Crippen LogP contribution in [-0.2, 0) is 4.79 Å². The van der Waals surface area contributed by atoms with E-state index in [0.29, 0.717) is 17.5 Å². The minimum atomic E-state index is -0.319. The first-order chi connectivity index (χ1) is 9.11. The number of ether oxygens (including phenoxy) is 1. The zero-order valence-corrected chi connectivity index (χ0v) is 11.6. The van der Waals surface area contributed by atoms with Gasteiger partial charge in [0.15, 0.2) is 5.75 Å². The highest BCUT2D eigenvalue weighted by Crippen LogP contribution is 2.43. The van der Waals surface area contributed by atoms with Crippen LogP contribution < -0.4 is 10.1 Å². The van der Waals surface area contributed by atoms with Crippen molar-refractivity contribution in [1.82, 2.24) is 4.98 Å². The number of rotatable bonds is 2. The summed E-state index contributed by atoms with van der Waals surface area (Å²) in [7, 11) is 0. The fourth-order valence-electron chi connectivity index (χ4n) is 2.75. The van der Waals surface area contributed by atoms with Crippen LogP contribution in [0.5, 0.6) is 5.75 Å². The highest BCUT2D eigenvalue weighted by Gasteiger charge is 2.27. The first-order valence-electron chi connectivity index (χ1n) is 6.24. The quantitative estimate of drug-likeness (QED) is 0.504. The molecule has 1 unspecified atom stereocenters. The van der Waals surface area contributed by atoms with Crippen molar-refractivity contribution in [3.05, 3.63) is 23.4 Å². The number of carbonyl (C=O) groups is 1. The number of hydrogen-bond acceptors (Lipinski definition) is 3. The highest BCUT2D eigenvalue weighted by atomic mass is 35.5. The van der Waals surface area contributed by atoms with E-state index in [-0.39, 0.29) is 5.97 Å². The van der Waals surface area contributed by atoms with Gasteiger partial charge < -0.3 is 15.0 Å². The molecule has 100 valence electrons. The van der Waals surface area contributed by atoms with Crippen molar-refractivity contribution in [3.63, 3.8) is 0 Å². The molecule has 1 aliphatic rings. The summed E-state index contributed by atoms with van der Waals surface area (Å²) in [6, 6.07) is 1.88. The van der Waals surface area contributed by atoms with Crippen LogP contribution in [0.25, 0.3) is 10.9 Å². The van der Waals surface area contributed by atoms with E-state index in [9.17, 15) is 4.79 Å². The van der Waals surface area contributed by atoms with E-state index in [1.165, 1.54) is 12.5 Å². The lowest BCUT2D eigenvalue weighted by atomic mass is 9.97. The van der Waals surface area contributed by atoms with Crippen molar-refractivity contribution in [1.29, 1.82) is 0 Å². The van der Waals surface area contributed by atoms with Gasteiger partial charge in [-0.3, -0.25) is 4.79 Å². The van der Waals surface area contributed by atoms with Crippen LogP contribution in [-0.4, -0.2) is 23.4 Å². The Balaban J connectivity index is 2.28. The van der Waals surface area contributed by atoms with Gasteiger partial charge in [0.25, 0.3) is 0 Å². The second-order valence-corrected chi connectivity index (χ2v) is 5.19. The van der Waals surface area contributed by atoms with Crippen LogP contribution >= 0.6 is 11.6 Å². The number of fused-ring (bicyclic) bond motifs is 3. The topological polar surface area (TPSA) is 54.1 Å². The SMILES string of the molecule is CC(=O)Oc1cc2c(c3c(C)c[nH]c13)C(CCl)CN2. The normalized spacial score (nSPS) is 17.3. The van der Waals surface area contributed by atoms with E-state index in [2.05, 4.69) is 10.3 Å². The number of carbonyl (C=O) groups excluding carboxylic acids is 1. The second kappa shape index (κ2) is 4.46. The van der Waals surface area contributed by atoms with E-state index in [1.54, 1.807) is 0 Å². The average molecular weight is 279 g/mol. The lowest BCUT2D eigenvalue weighted by Crippen LogP contribution is -2.03. The van der Waals surface area contributed by atoms with Gasteiger partial charge in [-0.25, -0.2) is 0 Å². The third-order valence-corrected chi connectivity index (χ3v) is 3.92. The molecule has 5 heteroatoms. The number of anilines is 1. The van der Waals surface area contributed by atoms with Crippen LogP contribution in [0.3, 0.4) is 0 Å². The number of alkyl halides is 1. The molecule has 0 aliphatic carbocycles. The molecule has 2 N–H and O–H groups in total. The summed E-state index contributed by atoms with van der Waals surface area (Å²) in [4.78, 5) is 14.4. The summed E-state index contributed by atoms with van der Waals surface area (Å²) in [5, 5.41) is 4.45. The predicted octanol–water partition coefficient (Wildman–Crippen LogP) is 3.15. The minimum absolute atomic E-state index is 0.292. The van der Waals surface area contributed by atoms with Crippen LogP contribution in [0.2, 0.25) is 0 Å². The zero-order valence-electron chi connectivity index (χ0n) is 10.8. The molecule has 0 bridgehead atoms. The Morgan fingerprint density at radius 2 is 2.37 bits per heavy atom.